The molecule has 1 unspecified atom stereocenters. The Morgan fingerprint density at radius 1 is 1.50 bits per heavy atom. The van der Waals surface area contributed by atoms with Crippen LogP contribution >= 0.6 is 0 Å². The third kappa shape index (κ3) is 1.92. The molecule has 78 valence electrons. The van der Waals surface area contributed by atoms with Crippen LogP contribution in [0.15, 0.2) is 0 Å². The van der Waals surface area contributed by atoms with E-state index in [1.54, 1.807) is 13.8 Å². The molecule has 0 aliphatic carbocycles. The molecule has 1 N–H and O–H groups in total. The van der Waals surface area contributed by atoms with E-state index >= 15 is 0 Å². The lowest BCUT2D eigenvalue weighted by Gasteiger charge is -2.15. The Bertz CT molecular complexity index is 285. The summed E-state index contributed by atoms with van der Waals surface area (Å²) in [6, 6.07) is 0. The lowest BCUT2D eigenvalue weighted by molar-refractivity contribution is -0.143. The highest BCUT2D eigenvalue weighted by Crippen LogP contribution is 2.19. The van der Waals surface area contributed by atoms with Crippen LogP contribution in [0, 0.1) is 11.8 Å². The van der Waals surface area contributed by atoms with Gasteiger partial charge in [0.15, 0.2) is 0 Å². The number of hydrogen-bond donors (Lipinski definition) is 1. The monoisotopic (exact) mass is 199 g/mol. The summed E-state index contributed by atoms with van der Waals surface area (Å²) in [5.41, 5.74) is 0. The van der Waals surface area contributed by atoms with E-state index in [1.807, 2.05) is 0 Å². The van der Waals surface area contributed by atoms with Gasteiger partial charge in [0.25, 0.3) is 0 Å². The highest BCUT2D eigenvalue weighted by Gasteiger charge is 2.38. The number of hydrogen-bond acceptors (Lipinski definition) is 3. The van der Waals surface area contributed by atoms with Gasteiger partial charge in [-0.3, -0.25) is 19.3 Å². The van der Waals surface area contributed by atoms with Crippen molar-refractivity contribution in [1.82, 2.24) is 4.90 Å². The van der Waals surface area contributed by atoms with Crippen molar-refractivity contribution in [1.29, 1.82) is 0 Å². The van der Waals surface area contributed by atoms with Gasteiger partial charge in [0, 0.05) is 18.9 Å². The van der Waals surface area contributed by atoms with Gasteiger partial charge in [0.2, 0.25) is 11.8 Å². The van der Waals surface area contributed by atoms with E-state index in [0.29, 0.717) is 0 Å². The molecule has 0 saturated carbocycles. The van der Waals surface area contributed by atoms with Crippen molar-refractivity contribution in [3.05, 3.63) is 0 Å². The van der Waals surface area contributed by atoms with Crippen molar-refractivity contribution in [3.63, 3.8) is 0 Å². The molecule has 5 nitrogen and oxygen atoms in total. The van der Waals surface area contributed by atoms with E-state index in [1.165, 1.54) is 0 Å². The molecule has 1 heterocycles. The number of likely N-dealkylation sites (tertiary alicyclic amines) is 1. The van der Waals surface area contributed by atoms with E-state index in [9.17, 15) is 14.4 Å². The first-order valence-electron chi connectivity index (χ1n) is 4.50. The van der Waals surface area contributed by atoms with E-state index < -0.39 is 11.9 Å². The van der Waals surface area contributed by atoms with Gasteiger partial charge in [-0.1, -0.05) is 13.8 Å². The summed E-state index contributed by atoms with van der Waals surface area (Å²) >= 11 is 0. The third-order valence-electron chi connectivity index (χ3n) is 2.23. The first-order chi connectivity index (χ1) is 6.43. The van der Waals surface area contributed by atoms with Crippen molar-refractivity contribution < 1.29 is 19.5 Å². The highest BCUT2D eigenvalue weighted by molar-refractivity contribution is 5.99. The van der Waals surface area contributed by atoms with Crippen molar-refractivity contribution in [2.24, 2.45) is 11.8 Å². The van der Waals surface area contributed by atoms with Crippen LogP contribution in [-0.4, -0.2) is 34.3 Å². The van der Waals surface area contributed by atoms with Gasteiger partial charge in [-0.15, -0.1) is 0 Å². The van der Waals surface area contributed by atoms with Crippen LogP contribution < -0.4 is 0 Å². The van der Waals surface area contributed by atoms with E-state index in [4.69, 9.17) is 5.11 Å². The quantitative estimate of drug-likeness (QED) is 0.684. The van der Waals surface area contributed by atoms with Gasteiger partial charge in [0.1, 0.15) is 0 Å². The fraction of sp³-hybridized carbons (Fsp3) is 0.667. The molecule has 1 fully saturated rings. The summed E-state index contributed by atoms with van der Waals surface area (Å²) in [5, 5.41) is 8.68. The summed E-state index contributed by atoms with van der Waals surface area (Å²) in [7, 11) is 0. The molecule has 1 rings (SSSR count). The Balaban J connectivity index is 2.70. The number of carbonyl (C=O) groups is 3. The molecular weight excluding hydrogens is 186 g/mol. The molecule has 5 heteroatoms. The molecule has 1 aliphatic rings. The summed E-state index contributed by atoms with van der Waals surface area (Å²) in [4.78, 5) is 34.4. The maximum atomic E-state index is 11.4. The number of aliphatic carboxylic acids is 1. The smallest absolute Gasteiger partial charge is 0.308 e. The standard InChI is InChI=1S/C9H13NO4/c1-5(2)8(12)10-4-6(9(13)14)3-7(10)11/h5-6H,3-4H2,1-2H3,(H,13,14). The van der Waals surface area contributed by atoms with Crippen molar-refractivity contribution in [2.45, 2.75) is 20.3 Å². The minimum atomic E-state index is -1.02. The molecule has 0 bridgehead atoms. The Hall–Kier alpha value is -1.39. The summed E-state index contributed by atoms with van der Waals surface area (Å²) < 4.78 is 0. The highest BCUT2D eigenvalue weighted by atomic mass is 16.4. The molecule has 1 atom stereocenters. The average Bonchev–Trinajstić information content (AvgIpc) is 2.46. The van der Waals surface area contributed by atoms with Gasteiger partial charge in [0.05, 0.1) is 5.92 Å². The van der Waals surface area contributed by atoms with Crippen LogP contribution in [0.4, 0.5) is 0 Å². The normalized spacial score (nSPS) is 21.8. The molecule has 0 radical (unpaired) electrons. The zero-order valence-corrected chi connectivity index (χ0v) is 8.19. The topological polar surface area (TPSA) is 74.7 Å². The van der Waals surface area contributed by atoms with Crippen LogP contribution in [0.3, 0.4) is 0 Å². The predicted octanol–water partition coefficient (Wildman–Crippen LogP) is 0.102. The summed E-state index contributed by atoms with van der Waals surface area (Å²) in [6.07, 6.45) is -0.0617. The molecular formula is C9H13NO4. The van der Waals surface area contributed by atoms with Crippen molar-refractivity contribution in [2.75, 3.05) is 6.54 Å². The fourth-order valence-electron chi connectivity index (χ4n) is 1.40. The third-order valence-corrected chi connectivity index (χ3v) is 2.23. The molecule has 1 aliphatic heterocycles. The molecule has 0 spiro atoms. The first kappa shape index (κ1) is 10.7. The molecule has 14 heavy (non-hydrogen) atoms. The number of imide groups is 1. The van der Waals surface area contributed by atoms with Crippen LogP contribution in [0.5, 0.6) is 0 Å². The van der Waals surface area contributed by atoms with Gasteiger partial charge in [-0.25, -0.2) is 0 Å². The summed E-state index contributed by atoms with van der Waals surface area (Å²) in [6.45, 7) is 3.39. The minimum Gasteiger partial charge on any atom is -0.481 e. The van der Waals surface area contributed by atoms with E-state index in [2.05, 4.69) is 0 Å². The zero-order valence-electron chi connectivity index (χ0n) is 8.19. The largest absolute Gasteiger partial charge is 0.481 e. The lowest BCUT2D eigenvalue weighted by atomic mass is 10.1. The maximum Gasteiger partial charge on any atom is 0.308 e. The van der Waals surface area contributed by atoms with Gasteiger partial charge < -0.3 is 5.11 Å². The van der Waals surface area contributed by atoms with Crippen LogP contribution in [-0.2, 0) is 14.4 Å². The second-order valence-corrected chi connectivity index (χ2v) is 3.74. The fourth-order valence-corrected chi connectivity index (χ4v) is 1.40. The Morgan fingerprint density at radius 3 is 2.43 bits per heavy atom. The predicted molar refractivity (Wildman–Crippen MR) is 47.3 cm³/mol. The number of nitrogens with zero attached hydrogens (tertiary/aromatic N) is 1. The number of amides is 2. The lowest BCUT2D eigenvalue weighted by Crippen LogP contribution is -2.35. The number of carboxylic acid groups (broad SMARTS) is 1. The Labute approximate surface area is 81.7 Å². The second-order valence-electron chi connectivity index (χ2n) is 3.74. The minimum absolute atomic E-state index is 0.0190. The molecule has 1 saturated heterocycles. The zero-order chi connectivity index (χ0) is 10.9. The Morgan fingerprint density at radius 2 is 2.07 bits per heavy atom. The number of rotatable bonds is 2. The average molecular weight is 199 g/mol. The Kier molecular flexibility index (Phi) is 2.88. The van der Waals surface area contributed by atoms with Crippen LogP contribution in [0.2, 0.25) is 0 Å². The molecule has 0 aromatic rings. The van der Waals surface area contributed by atoms with Crippen molar-refractivity contribution >= 4 is 17.8 Å². The SMILES string of the molecule is CC(C)C(=O)N1CC(C(=O)O)CC1=O. The summed E-state index contributed by atoms with van der Waals surface area (Å²) in [5.74, 6) is -2.69. The van der Waals surface area contributed by atoms with E-state index in [0.717, 1.165) is 4.90 Å². The van der Waals surface area contributed by atoms with E-state index in [-0.39, 0.29) is 30.7 Å². The molecule has 0 aromatic heterocycles. The van der Waals surface area contributed by atoms with Gasteiger partial charge in [-0.2, -0.15) is 0 Å². The molecule has 2 amide bonds. The molecule has 0 aromatic carbocycles. The second kappa shape index (κ2) is 3.77. The number of carboxylic acids is 1. The van der Waals surface area contributed by atoms with Crippen LogP contribution in [0.1, 0.15) is 20.3 Å². The maximum absolute atomic E-state index is 11.4. The first-order valence-corrected chi connectivity index (χ1v) is 4.50. The van der Waals surface area contributed by atoms with Crippen LogP contribution in [0.25, 0.3) is 0 Å². The number of carbonyl (C=O) groups excluding carboxylic acids is 2. The van der Waals surface area contributed by atoms with Gasteiger partial charge >= 0.3 is 5.97 Å². The van der Waals surface area contributed by atoms with Crippen molar-refractivity contribution in [3.8, 4) is 0 Å². The van der Waals surface area contributed by atoms with Gasteiger partial charge in [-0.05, 0) is 0 Å².